The van der Waals surface area contributed by atoms with Crippen molar-refractivity contribution >= 4 is 11.6 Å². The van der Waals surface area contributed by atoms with Gasteiger partial charge in [-0.15, -0.1) is 0 Å². The summed E-state index contributed by atoms with van der Waals surface area (Å²) in [5, 5.41) is 10.1. The van der Waals surface area contributed by atoms with Gasteiger partial charge in [0.05, 0.1) is 6.10 Å². The molecule has 2 fully saturated rings. The first-order chi connectivity index (χ1) is 9.39. The van der Waals surface area contributed by atoms with E-state index in [4.69, 9.17) is 11.6 Å². The lowest BCUT2D eigenvalue weighted by Crippen LogP contribution is -2.11. The standard InChI is InChI=1S/C14H15ClF3NO/c15-13-9(5-6-10(19-13)14(16,17)18)12(20)11-7-3-1-2-4-8(7)11/h5-8,11-12,20H,1-4H2. The van der Waals surface area contributed by atoms with Crippen molar-refractivity contribution in [2.45, 2.75) is 38.0 Å². The molecule has 1 aromatic heterocycles. The largest absolute Gasteiger partial charge is 0.433 e. The molecule has 2 aliphatic rings. The zero-order valence-electron chi connectivity index (χ0n) is 10.7. The van der Waals surface area contributed by atoms with E-state index in [1.807, 2.05) is 0 Å². The second kappa shape index (κ2) is 4.88. The maximum absolute atomic E-state index is 12.5. The van der Waals surface area contributed by atoms with Crippen LogP contribution in [0.3, 0.4) is 0 Å². The SMILES string of the molecule is OC(c1ccc(C(F)(F)F)nc1Cl)C1C2CCCCC21. The van der Waals surface area contributed by atoms with Crippen LogP contribution >= 0.6 is 11.6 Å². The smallest absolute Gasteiger partial charge is 0.388 e. The van der Waals surface area contributed by atoms with Crippen molar-refractivity contribution in [2.24, 2.45) is 17.8 Å². The third-order valence-corrected chi connectivity index (χ3v) is 4.88. The van der Waals surface area contributed by atoms with Crippen LogP contribution in [0.15, 0.2) is 12.1 Å². The highest BCUT2D eigenvalue weighted by Crippen LogP contribution is 2.60. The van der Waals surface area contributed by atoms with E-state index >= 15 is 0 Å². The van der Waals surface area contributed by atoms with E-state index in [1.165, 1.54) is 18.9 Å². The average molecular weight is 306 g/mol. The summed E-state index contributed by atoms with van der Waals surface area (Å²) in [5.74, 6) is 1.13. The maximum atomic E-state index is 12.5. The van der Waals surface area contributed by atoms with Gasteiger partial charge in [0.2, 0.25) is 0 Å². The molecule has 1 N–H and O–H groups in total. The van der Waals surface area contributed by atoms with Crippen molar-refractivity contribution in [1.82, 2.24) is 4.98 Å². The van der Waals surface area contributed by atoms with Crippen LogP contribution in [0.5, 0.6) is 0 Å². The summed E-state index contributed by atoms with van der Waals surface area (Å²) in [5.41, 5.74) is -0.703. The lowest BCUT2D eigenvalue weighted by Gasteiger charge is -2.14. The monoisotopic (exact) mass is 305 g/mol. The molecule has 2 aliphatic carbocycles. The van der Waals surface area contributed by atoms with E-state index < -0.39 is 18.0 Å². The van der Waals surface area contributed by atoms with Crippen LogP contribution in [-0.4, -0.2) is 10.1 Å². The molecule has 0 bridgehead atoms. The first-order valence-corrected chi connectivity index (χ1v) is 7.19. The highest BCUT2D eigenvalue weighted by molar-refractivity contribution is 6.30. The maximum Gasteiger partial charge on any atom is 0.433 e. The molecular formula is C14H15ClF3NO. The number of fused-ring (bicyclic) bond motifs is 1. The predicted octanol–water partition coefficient (Wildman–Crippen LogP) is 4.22. The van der Waals surface area contributed by atoms with Crippen molar-refractivity contribution in [3.8, 4) is 0 Å². The van der Waals surface area contributed by atoms with Crippen LogP contribution < -0.4 is 0 Å². The third kappa shape index (κ3) is 2.42. The quantitative estimate of drug-likeness (QED) is 0.830. The number of hydrogen-bond acceptors (Lipinski definition) is 2. The molecule has 3 rings (SSSR count). The summed E-state index contributed by atoms with van der Waals surface area (Å²) < 4.78 is 37.6. The molecule has 3 unspecified atom stereocenters. The van der Waals surface area contributed by atoms with E-state index in [-0.39, 0.29) is 11.1 Å². The number of nitrogens with zero attached hydrogens (tertiary/aromatic N) is 1. The van der Waals surface area contributed by atoms with Crippen LogP contribution in [0.2, 0.25) is 5.15 Å². The Morgan fingerprint density at radius 3 is 2.30 bits per heavy atom. The van der Waals surface area contributed by atoms with Gasteiger partial charge in [-0.2, -0.15) is 13.2 Å². The Morgan fingerprint density at radius 2 is 1.80 bits per heavy atom. The summed E-state index contributed by atoms with van der Waals surface area (Å²) in [7, 11) is 0. The predicted molar refractivity (Wildman–Crippen MR) is 68.1 cm³/mol. The fraction of sp³-hybridized carbons (Fsp3) is 0.643. The number of aromatic nitrogens is 1. The molecule has 0 radical (unpaired) electrons. The molecule has 0 spiro atoms. The molecule has 0 aromatic carbocycles. The zero-order valence-corrected chi connectivity index (χ0v) is 11.5. The molecule has 20 heavy (non-hydrogen) atoms. The lowest BCUT2D eigenvalue weighted by atomic mass is 10.0. The number of pyridine rings is 1. The number of rotatable bonds is 2. The topological polar surface area (TPSA) is 33.1 Å². The average Bonchev–Trinajstić information content (AvgIpc) is 3.11. The molecule has 2 saturated carbocycles. The Labute approximate surface area is 120 Å². The first kappa shape index (κ1) is 14.1. The van der Waals surface area contributed by atoms with Gasteiger partial charge in [0.15, 0.2) is 0 Å². The molecule has 0 saturated heterocycles. The van der Waals surface area contributed by atoms with E-state index in [9.17, 15) is 18.3 Å². The second-order valence-electron chi connectivity index (χ2n) is 5.71. The van der Waals surface area contributed by atoms with Crippen molar-refractivity contribution in [3.63, 3.8) is 0 Å². The molecule has 6 heteroatoms. The number of aliphatic hydroxyl groups excluding tert-OH is 1. The molecular weight excluding hydrogens is 291 g/mol. The van der Waals surface area contributed by atoms with Gasteiger partial charge in [0.1, 0.15) is 10.8 Å². The summed E-state index contributed by atoms with van der Waals surface area (Å²) >= 11 is 5.83. The van der Waals surface area contributed by atoms with Gasteiger partial charge < -0.3 is 5.11 Å². The second-order valence-corrected chi connectivity index (χ2v) is 6.07. The molecule has 3 atom stereocenters. The lowest BCUT2D eigenvalue weighted by molar-refractivity contribution is -0.141. The van der Waals surface area contributed by atoms with Gasteiger partial charge in [0.25, 0.3) is 0 Å². The fourth-order valence-electron chi connectivity index (χ4n) is 3.55. The summed E-state index contributed by atoms with van der Waals surface area (Å²) in [6, 6.07) is 2.14. The van der Waals surface area contributed by atoms with Gasteiger partial charge in [-0.3, -0.25) is 0 Å². The van der Waals surface area contributed by atoms with Crippen LogP contribution in [0.4, 0.5) is 13.2 Å². The fourth-order valence-corrected chi connectivity index (χ4v) is 3.81. The van der Waals surface area contributed by atoms with Crippen molar-refractivity contribution in [3.05, 3.63) is 28.5 Å². The van der Waals surface area contributed by atoms with Gasteiger partial charge in [-0.25, -0.2) is 4.98 Å². The van der Waals surface area contributed by atoms with Crippen molar-refractivity contribution in [2.75, 3.05) is 0 Å². The highest BCUT2D eigenvalue weighted by atomic mass is 35.5. The minimum atomic E-state index is -4.51. The van der Waals surface area contributed by atoms with E-state index in [0.29, 0.717) is 17.4 Å². The summed E-state index contributed by atoms with van der Waals surface area (Å²) in [4.78, 5) is 3.37. The Hall–Kier alpha value is -0.810. The Bertz CT molecular complexity index is 508. The van der Waals surface area contributed by atoms with Crippen LogP contribution in [0.1, 0.15) is 43.0 Å². The number of alkyl halides is 3. The Balaban J connectivity index is 1.80. The van der Waals surface area contributed by atoms with Crippen molar-refractivity contribution in [1.29, 1.82) is 0 Å². The van der Waals surface area contributed by atoms with Gasteiger partial charge in [-0.1, -0.05) is 30.5 Å². The minimum absolute atomic E-state index is 0.133. The van der Waals surface area contributed by atoms with Crippen molar-refractivity contribution < 1.29 is 18.3 Å². The van der Waals surface area contributed by atoms with Gasteiger partial charge in [-0.05, 0) is 36.7 Å². The van der Waals surface area contributed by atoms with E-state index in [1.54, 1.807) is 0 Å². The first-order valence-electron chi connectivity index (χ1n) is 6.81. The molecule has 2 nitrogen and oxygen atoms in total. The molecule has 110 valence electrons. The van der Waals surface area contributed by atoms with Crippen LogP contribution in [-0.2, 0) is 6.18 Å². The Morgan fingerprint density at radius 1 is 1.20 bits per heavy atom. The zero-order chi connectivity index (χ0) is 14.5. The highest BCUT2D eigenvalue weighted by Gasteiger charge is 2.54. The molecule has 0 aliphatic heterocycles. The minimum Gasteiger partial charge on any atom is -0.388 e. The van der Waals surface area contributed by atoms with Gasteiger partial charge in [0, 0.05) is 5.56 Å². The molecule has 0 amide bonds. The number of halogens is 4. The summed E-state index contributed by atoms with van der Waals surface area (Å²) in [6.07, 6.45) is -0.783. The molecule has 1 aromatic rings. The molecule has 1 heterocycles. The number of hydrogen-bond donors (Lipinski definition) is 1. The third-order valence-electron chi connectivity index (χ3n) is 4.57. The summed E-state index contributed by atoms with van der Waals surface area (Å²) in [6.45, 7) is 0. The Kier molecular flexibility index (Phi) is 3.45. The van der Waals surface area contributed by atoms with Crippen LogP contribution in [0, 0.1) is 17.8 Å². The number of aliphatic hydroxyl groups is 1. The van der Waals surface area contributed by atoms with E-state index in [0.717, 1.165) is 18.9 Å². The van der Waals surface area contributed by atoms with Crippen LogP contribution in [0.25, 0.3) is 0 Å². The van der Waals surface area contributed by atoms with Gasteiger partial charge >= 0.3 is 6.18 Å². The normalized spacial score (nSPS) is 30.8. The van der Waals surface area contributed by atoms with E-state index in [2.05, 4.69) is 4.98 Å².